The molecule has 0 saturated carbocycles. The second-order valence-corrected chi connectivity index (χ2v) is 7.09. The van der Waals surface area contributed by atoms with Crippen LogP contribution in [0.25, 0.3) is 11.1 Å². The molecule has 0 N–H and O–H groups in total. The Balaban J connectivity index is 1.85. The molecule has 2 aromatic carbocycles. The van der Waals surface area contributed by atoms with Crippen molar-refractivity contribution in [2.75, 3.05) is 13.2 Å². The van der Waals surface area contributed by atoms with Gasteiger partial charge in [-0.1, -0.05) is 61.1 Å². The Morgan fingerprint density at radius 1 is 0.688 bits per heavy atom. The lowest BCUT2D eigenvalue weighted by Crippen LogP contribution is -2.05. The van der Waals surface area contributed by atoms with Gasteiger partial charge >= 0.3 is 11.9 Å². The molecule has 0 atom stereocenters. The zero-order chi connectivity index (χ0) is 23.3. The lowest BCUT2D eigenvalue weighted by Gasteiger charge is -2.02. The van der Waals surface area contributed by atoms with Gasteiger partial charge in [0.05, 0.1) is 0 Å². The SMILES string of the molecule is C=C(C)C(=O)OCCC#Cc1ccc(-c2ccc(C#CCCOC(=O)C(=C)C)cc2)cc1. The molecule has 32 heavy (non-hydrogen) atoms. The van der Waals surface area contributed by atoms with Crippen molar-refractivity contribution < 1.29 is 19.1 Å². The minimum atomic E-state index is -0.391. The Bertz CT molecular complexity index is 1010. The summed E-state index contributed by atoms with van der Waals surface area (Å²) in [5.41, 5.74) is 4.73. The number of ether oxygens (including phenoxy) is 2. The van der Waals surface area contributed by atoms with Crippen LogP contribution in [0.2, 0.25) is 0 Å². The van der Waals surface area contributed by atoms with Gasteiger partial charge in [-0.2, -0.15) is 0 Å². The molecule has 0 aliphatic heterocycles. The summed E-state index contributed by atoms with van der Waals surface area (Å²) in [6.07, 6.45) is 0.944. The predicted molar refractivity (Wildman–Crippen MR) is 126 cm³/mol. The van der Waals surface area contributed by atoms with Gasteiger partial charge in [0.1, 0.15) is 13.2 Å². The number of hydrogen-bond acceptors (Lipinski definition) is 4. The highest BCUT2D eigenvalue weighted by Crippen LogP contribution is 2.20. The van der Waals surface area contributed by atoms with Crippen molar-refractivity contribution in [1.82, 2.24) is 0 Å². The highest BCUT2D eigenvalue weighted by molar-refractivity contribution is 5.87. The van der Waals surface area contributed by atoms with Crippen LogP contribution in [0.5, 0.6) is 0 Å². The summed E-state index contributed by atoms with van der Waals surface area (Å²) >= 11 is 0. The smallest absolute Gasteiger partial charge is 0.333 e. The van der Waals surface area contributed by atoms with E-state index in [9.17, 15) is 9.59 Å². The fraction of sp³-hybridized carbons (Fsp3) is 0.214. The van der Waals surface area contributed by atoms with Crippen molar-refractivity contribution in [2.24, 2.45) is 0 Å². The van der Waals surface area contributed by atoms with Gasteiger partial charge in [0.15, 0.2) is 0 Å². The van der Waals surface area contributed by atoms with Crippen molar-refractivity contribution in [3.05, 3.63) is 84.0 Å². The minimum Gasteiger partial charge on any atom is -0.461 e. The van der Waals surface area contributed by atoms with E-state index in [1.54, 1.807) is 13.8 Å². The summed E-state index contributed by atoms with van der Waals surface area (Å²) in [4.78, 5) is 22.6. The topological polar surface area (TPSA) is 52.6 Å². The Kier molecular flexibility index (Phi) is 9.57. The molecule has 0 aromatic heterocycles. The first-order valence-electron chi connectivity index (χ1n) is 10.2. The van der Waals surface area contributed by atoms with E-state index in [0.717, 1.165) is 22.3 Å². The molecule has 0 heterocycles. The van der Waals surface area contributed by atoms with Crippen molar-refractivity contribution >= 4 is 11.9 Å². The maximum atomic E-state index is 11.3. The van der Waals surface area contributed by atoms with E-state index in [1.165, 1.54) is 0 Å². The fourth-order valence-electron chi connectivity index (χ4n) is 2.46. The van der Waals surface area contributed by atoms with Crippen LogP contribution in [0.1, 0.15) is 37.8 Å². The van der Waals surface area contributed by atoms with E-state index >= 15 is 0 Å². The molecule has 2 aromatic rings. The van der Waals surface area contributed by atoms with Gasteiger partial charge in [-0.05, 0) is 49.2 Å². The van der Waals surface area contributed by atoms with Crippen LogP contribution in [0.3, 0.4) is 0 Å². The quantitative estimate of drug-likeness (QED) is 0.268. The average molecular weight is 427 g/mol. The molecule has 0 aliphatic carbocycles. The number of esters is 2. The van der Waals surface area contributed by atoms with Gasteiger partial charge in [-0.3, -0.25) is 0 Å². The summed E-state index contributed by atoms with van der Waals surface area (Å²) in [5, 5.41) is 0. The maximum Gasteiger partial charge on any atom is 0.333 e. The molecule has 0 spiro atoms. The molecule has 0 bridgehead atoms. The van der Waals surface area contributed by atoms with E-state index < -0.39 is 11.9 Å². The molecule has 0 radical (unpaired) electrons. The number of carbonyl (C=O) groups is 2. The largest absolute Gasteiger partial charge is 0.461 e. The summed E-state index contributed by atoms with van der Waals surface area (Å²) in [7, 11) is 0. The Labute approximate surface area is 189 Å². The van der Waals surface area contributed by atoms with E-state index in [0.29, 0.717) is 24.0 Å². The molecule has 162 valence electrons. The average Bonchev–Trinajstić information content (AvgIpc) is 2.79. The first-order chi connectivity index (χ1) is 15.4. The molecule has 4 heteroatoms. The summed E-state index contributed by atoms with van der Waals surface area (Å²) < 4.78 is 10.0. The van der Waals surface area contributed by atoms with Gasteiger partial charge in [0.2, 0.25) is 0 Å². The monoisotopic (exact) mass is 426 g/mol. The molecule has 0 saturated heterocycles. The first kappa shape index (κ1) is 24.3. The molecule has 4 nitrogen and oxygen atoms in total. The van der Waals surface area contributed by atoms with E-state index in [2.05, 4.69) is 36.8 Å². The number of carbonyl (C=O) groups excluding carboxylic acids is 2. The molecule has 0 unspecified atom stereocenters. The molecule has 0 fully saturated rings. The van der Waals surface area contributed by atoms with Crippen molar-refractivity contribution in [3.8, 4) is 34.8 Å². The standard InChI is InChI=1S/C28H26O4/c1-21(2)27(29)31-19-7-5-9-23-11-15-25(16-12-23)26-17-13-24(14-18-26)10-6-8-20-32-28(30)22(3)4/h11-18H,1,3,7-8,19-20H2,2,4H3. The predicted octanol–water partition coefficient (Wildman–Crippen LogP) is 5.08. The zero-order valence-electron chi connectivity index (χ0n) is 18.5. The second kappa shape index (κ2) is 12.6. The summed E-state index contributed by atoms with van der Waals surface area (Å²) in [6.45, 7) is 10.8. The third kappa shape index (κ3) is 8.38. The minimum absolute atomic E-state index is 0.256. The first-order valence-corrected chi connectivity index (χ1v) is 10.2. The molecule has 2 rings (SSSR count). The van der Waals surface area contributed by atoms with Crippen molar-refractivity contribution in [3.63, 3.8) is 0 Å². The van der Waals surface area contributed by atoms with Crippen LogP contribution in [0, 0.1) is 23.7 Å². The Morgan fingerprint density at radius 2 is 1.03 bits per heavy atom. The molecular weight excluding hydrogens is 400 g/mol. The maximum absolute atomic E-state index is 11.3. The third-order valence-corrected chi connectivity index (χ3v) is 4.19. The fourth-order valence-corrected chi connectivity index (χ4v) is 2.46. The molecule has 0 aliphatic rings. The second-order valence-electron chi connectivity index (χ2n) is 7.09. The number of hydrogen-bond donors (Lipinski definition) is 0. The number of benzene rings is 2. The molecule has 0 amide bonds. The zero-order valence-corrected chi connectivity index (χ0v) is 18.5. The summed E-state index contributed by atoms with van der Waals surface area (Å²) in [5.74, 6) is 11.3. The summed E-state index contributed by atoms with van der Waals surface area (Å²) in [6, 6.07) is 15.9. The highest BCUT2D eigenvalue weighted by Gasteiger charge is 2.02. The van der Waals surface area contributed by atoms with Crippen molar-refractivity contribution in [1.29, 1.82) is 0 Å². The van der Waals surface area contributed by atoms with Crippen LogP contribution in [0.4, 0.5) is 0 Å². The van der Waals surface area contributed by atoms with Crippen LogP contribution in [-0.4, -0.2) is 25.2 Å². The Hall–Kier alpha value is -4.02. The van der Waals surface area contributed by atoms with Gasteiger partial charge in [0, 0.05) is 35.1 Å². The van der Waals surface area contributed by atoms with E-state index in [4.69, 9.17) is 9.47 Å². The molecular formula is C28H26O4. The van der Waals surface area contributed by atoms with Gasteiger partial charge in [-0.25, -0.2) is 9.59 Å². The van der Waals surface area contributed by atoms with Crippen LogP contribution in [-0.2, 0) is 19.1 Å². The van der Waals surface area contributed by atoms with E-state index in [1.807, 2.05) is 48.5 Å². The Morgan fingerprint density at radius 3 is 1.34 bits per heavy atom. The lowest BCUT2D eigenvalue weighted by atomic mass is 10.0. The van der Waals surface area contributed by atoms with Crippen LogP contribution < -0.4 is 0 Å². The van der Waals surface area contributed by atoms with Crippen LogP contribution >= 0.6 is 0 Å². The van der Waals surface area contributed by atoms with Gasteiger partial charge in [-0.15, -0.1) is 0 Å². The van der Waals surface area contributed by atoms with E-state index in [-0.39, 0.29) is 13.2 Å². The van der Waals surface area contributed by atoms with Gasteiger partial charge < -0.3 is 9.47 Å². The third-order valence-electron chi connectivity index (χ3n) is 4.19. The van der Waals surface area contributed by atoms with Gasteiger partial charge in [0.25, 0.3) is 0 Å². The normalized spacial score (nSPS) is 9.44. The highest BCUT2D eigenvalue weighted by atomic mass is 16.5. The van der Waals surface area contributed by atoms with Crippen molar-refractivity contribution in [2.45, 2.75) is 26.7 Å². The van der Waals surface area contributed by atoms with Crippen LogP contribution in [0.15, 0.2) is 72.8 Å². The number of rotatable bonds is 7. The lowest BCUT2D eigenvalue weighted by molar-refractivity contribution is -0.139.